The van der Waals surface area contributed by atoms with Gasteiger partial charge in [0.2, 0.25) is 0 Å². The van der Waals surface area contributed by atoms with Crippen molar-refractivity contribution < 1.29 is 9.13 Å². The van der Waals surface area contributed by atoms with E-state index in [-0.39, 0.29) is 5.82 Å². The van der Waals surface area contributed by atoms with Crippen molar-refractivity contribution >= 4 is 11.0 Å². The Labute approximate surface area is 157 Å². The van der Waals surface area contributed by atoms with E-state index in [1.54, 1.807) is 13.3 Å². The van der Waals surface area contributed by atoms with Crippen LogP contribution in [0.1, 0.15) is 11.1 Å². The van der Waals surface area contributed by atoms with Gasteiger partial charge >= 0.3 is 0 Å². The first-order valence-electron chi connectivity index (χ1n) is 8.86. The second-order valence-electron chi connectivity index (χ2n) is 6.49. The van der Waals surface area contributed by atoms with E-state index in [0.29, 0.717) is 0 Å². The lowest BCUT2D eigenvalue weighted by Gasteiger charge is -2.11. The molecular weight excluding hydrogens is 341 g/mol. The zero-order valence-corrected chi connectivity index (χ0v) is 15.3. The second-order valence-corrected chi connectivity index (χ2v) is 6.49. The van der Waals surface area contributed by atoms with Crippen molar-refractivity contribution in [3.05, 3.63) is 77.7 Å². The number of pyridine rings is 1. The summed E-state index contributed by atoms with van der Waals surface area (Å²) in [7, 11) is 1.64. The van der Waals surface area contributed by atoms with Gasteiger partial charge < -0.3 is 9.30 Å². The average molecular weight is 361 g/mol. The van der Waals surface area contributed by atoms with Crippen LogP contribution in [0.3, 0.4) is 0 Å². The standard InChI is InChI=1S/C22H20FN3O/c1-15-13-19(24-14-21(15)27-2)22-25-18-5-3-4-6-20(18)26(22)12-11-16-7-9-17(23)10-8-16/h3-10,13-14H,11-12H2,1-2H3. The van der Waals surface area contributed by atoms with E-state index in [2.05, 4.69) is 15.6 Å². The minimum absolute atomic E-state index is 0.217. The SMILES string of the molecule is COc1cnc(-c2nc3ccccc3n2CCc2ccc(F)cc2)cc1C. The number of methoxy groups -OCH3 is 1. The molecule has 0 fully saturated rings. The molecule has 0 saturated carbocycles. The third kappa shape index (κ3) is 3.40. The first-order valence-corrected chi connectivity index (χ1v) is 8.86. The quantitative estimate of drug-likeness (QED) is 0.513. The molecule has 136 valence electrons. The summed E-state index contributed by atoms with van der Waals surface area (Å²) >= 11 is 0. The molecule has 0 N–H and O–H groups in total. The highest BCUT2D eigenvalue weighted by Crippen LogP contribution is 2.27. The van der Waals surface area contributed by atoms with Crippen LogP contribution in [0.5, 0.6) is 5.75 Å². The van der Waals surface area contributed by atoms with Crippen LogP contribution in [0, 0.1) is 12.7 Å². The molecule has 4 aromatic rings. The fraction of sp³-hybridized carbons (Fsp3) is 0.182. The maximum absolute atomic E-state index is 13.2. The number of ether oxygens (including phenoxy) is 1. The topological polar surface area (TPSA) is 39.9 Å². The predicted octanol–water partition coefficient (Wildman–Crippen LogP) is 4.80. The monoisotopic (exact) mass is 361 g/mol. The Morgan fingerprint density at radius 1 is 1.07 bits per heavy atom. The molecule has 0 aliphatic carbocycles. The van der Waals surface area contributed by atoms with Gasteiger partial charge in [0.05, 0.1) is 24.3 Å². The number of aryl methyl sites for hydroxylation is 3. The van der Waals surface area contributed by atoms with Gasteiger partial charge in [-0.1, -0.05) is 24.3 Å². The molecule has 5 heteroatoms. The molecule has 2 aromatic heterocycles. The third-order valence-electron chi connectivity index (χ3n) is 4.70. The fourth-order valence-corrected chi connectivity index (χ4v) is 3.27. The molecule has 27 heavy (non-hydrogen) atoms. The number of rotatable bonds is 5. The van der Waals surface area contributed by atoms with Crippen LogP contribution in [-0.2, 0) is 13.0 Å². The number of hydrogen-bond acceptors (Lipinski definition) is 3. The maximum Gasteiger partial charge on any atom is 0.159 e. The third-order valence-corrected chi connectivity index (χ3v) is 4.70. The summed E-state index contributed by atoms with van der Waals surface area (Å²) in [5.74, 6) is 1.36. The highest BCUT2D eigenvalue weighted by molar-refractivity contribution is 5.80. The van der Waals surface area contributed by atoms with E-state index < -0.39 is 0 Å². The average Bonchev–Trinajstić information content (AvgIpc) is 3.06. The summed E-state index contributed by atoms with van der Waals surface area (Å²) in [5.41, 5.74) is 4.90. The zero-order valence-electron chi connectivity index (χ0n) is 15.3. The molecule has 0 bridgehead atoms. The minimum Gasteiger partial charge on any atom is -0.495 e. The smallest absolute Gasteiger partial charge is 0.159 e. The van der Waals surface area contributed by atoms with E-state index in [9.17, 15) is 4.39 Å². The number of aromatic nitrogens is 3. The van der Waals surface area contributed by atoms with Crippen molar-refractivity contribution in [1.82, 2.24) is 14.5 Å². The summed E-state index contributed by atoms with van der Waals surface area (Å²) in [5, 5.41) is 0. The van der Waals surface area contributed by atoms with E-state index in [1.165, 1.54) is 12.1 Å². The Morgan fingerprint density at radius 2 is 1.85 bits per heavy atom. The summed E-state index contributed by atoms with van der Waals surface area (Å²) in [4.78, 5) is 9.35. The fourth-order valence-electron chi connectivity index (χ4n) is 3.27. The molecule has 0 unspecified atom stereocenters. The summed E-state index contributed by atoms with van der Waals surface area (Å²) < 4.78 is 20.7. The Bertz CT molecular complexity index is 1090. The molecule has 0 aliphatic heterocycles. The van der Waals surface area contributed by atoms with Crippen LogP contribution in [0.4, 0.5) is 4.39 Å². The van der Waals surface area contributed by atoms with E-state index in [1.807, 2.05) is 43.3 Å². The molecule has 0 atom stereocenters. The minimum atomic E-state index is -0.217. The molecule has 0 amide bonds. The van der Waals surface area contributed by atoms with Crippen molar-refractivity contribution in [2.24, 2.45) is 0 Å². The largest absolute Gasteiger partial charge is 0.495 e. The van der Waals surface area contributed by atoms with Gasteiger partial charge in [-0.05, 0) is 54.8 Å². The number of imidazole rings is 1. The Morgan fingerprint density at radius 3 is 2.59 bits per heavy atom. The number of fused-ring (bicyclic) bond motifs is 1. The van der Waals surface area contributed by atoms with Crippen LogP contribution >= 0.6 is 0 Å². The van der Waals surface area contributed by atoms with Gasteiger partial charge in [-0.25, -0.2) is 14.4 Å². The highest BCUT2D eigenvalue weighted by Gasteiger charge is 2.14. The number of halogens is 1. The first-order chi connectivity index (χ1) is 13.2. The Balaban J connectivity index is 1.75. The Kier molecular flexibility index (Phi) is 4.59. The molecule has 4 nitrogen and oxygen atoms in total. The van der Waals surface area contributed by atoms with Gasteiger partial charge in [-0.15, -0.1) is 0 Å². The van der Waals surface area contributed by atoms with Gasteiger partial charge in [-0.3, -0.25) is 0 Å². The number of para-hydroxylation sites is 2. The normalized spacial score (nSPS) is 11.1. The van der Waals surface area contributed by atoms with Crippen molar-refractivity contribution in [3.8, 4) is 17.3 Å². The van der Waals surface area contributed by atoms with E-state index >= 15 is 0 Å². The number of benzene rings is 2. The zero-order chi connectivity index (χ0) is 18.8. The second kappa shape index (κ2) is 7.19. The predicted molar refractivity (Wildman–Crippen MR) is 104 cm³/mol. The molecule has 2 heterocycles. The molecule has 0 spiro atoms. The van der Waals surface area contributed by atoms with Crippen LogP contribution in [0.25, 0.3) is 22.6 Å². The van der Waals surface area contributed by atoms with Crippen molar-refractivity contribution in [2.75, 3.05) is 7.11 Å². The molecule has 2 aromatic carbocycles. The summed E-state index contributed by atoms with van der Waals surface area (Å²) in [6, 6.07) is 16.7. The van der Waals surface area contributed by atoms with Gasteiger partial charge in [0, 0.05) is 6.54 Å². The van der Waals surface area contributed by atoms with Crippen LogP contribution in [-0.4, -0.2) is 21.6 Å². The van der Waals surface area contributed by atoms with Crippen LogP contribution in [0.15, 0.2) is 60.8 Å². The molecule has 0 radical (unpaired) electrons. The van der Waals surface area contributed by atoms with Crippen molar-refractivity contribution in [1.29, 1.82) is 0 Å². The van der Waals surface area contributed by atoms with Gasteiger partial charge in [0.1, 0.15) is 17.3 Å². The molecular formula is C22H20FN3O. The van der Waals surface area contributed by atoms with Gasteiger partial charge in [-0.2, -0.15) is 0 Å². The van der Waals surface area contributed by atoms with Gasteiger partial charge in [0.15, 0.2) is 5.82 Å². The first kappa shape index (κ1) is 17.2. The van der Waals surface area contributed by atoms with Crippen molar-refractivity contribution in [2.45, 2.75) is 19.9 Å². The summed E-state index contributed by atoms with van der Waals surface area (Å²) in [6.07, 6.45) is 2.51. The number of nitrogens with zero attached hydrogens (tertiary/aromatic N) is 3. The lowest BCUT2D eigenvalue weighted by Crippen LogP contribution is -2.05. The van der Waals surface area contributed by atoms with Gasteiger partial charge in [0.25, 0.3) is 0 Å². The molecule has 0 aliphatic rings. The number of hydrogen-bond donors (Lipinski definition) is 0. The maximum atomic E-state index is 13.2. The van der Waals surface area contributed by atoms with E-state index in [4.69, 9.17) is 9.72 Å². The molecule has 0 saturated heterocycles. The lowest BCUT2D eigenvalue weighted by molar-refractivity contribution is 0.410. The Hall–Kier alpha value is -3.21. The van der Waals surface area contributed by atoms with Crippen LogP contribution < -0.4 is 4.74 Å². The lowest BCUT2D eigenvalue weighted by atomic mass is 10.1. The van der Waals surface area contributed by atoms with Crippen molar-refractivity contribution in [3.63, 3.8) is 0 Å². The van der Waals surface area contributed by atoms with E-state index in [0.717, 1.165) is 52.4 Å². The highest BCUT2D eigenvalue weighted by atomic mass is 19.1. The molecule has 4 rings (SSSR count). The summed E-state index contributed by atoms with van der Waals surface area (Å²) in [6.45, 7) is 2.73. The van der Waals surface area contributed by atoms with Crippen LogP contribution in [0.2, 0.25) is 0 Å².